The number of fused-ring (bicyclic) bond motifs is 1. The fourth-order valence-corrected chi connectivity index (χ4v) is 3.44. The lowest BCUT2D eigenvalue weighted by Gasteiger charge is -2.13. The number of carbonyl (C=O) groups is 1. The Bertz CT molecular complexity index is 1100. The summed E-state index contributed by atoms with van der Waals surface area (Å²) in [6.07, 6.45) is 0.755. The van der Waals surface area contributed by atoms with E-state index < -0.39 is 5.63 Å². The Balaban J connectivity index is 1.56. The summed E-state index contributed by atoms with van der Waals surface area (Å²) in [7, 11) is 1.61. The van der Waals surface area contributed by atoms with E-state index in [0.29, 0.717) is 35.8 Å². The molecule has 6 nitrogen and oxygen atoms in total. The van der Waals surface area contributed by atoms with Gasteiger partial charge < -0.3 is 18.6 Å². The Hall–Kier alpha value is -3.28. The van der Waals surface area contributed by atoms with Crippen molar-refractivity contribution < 1.29 is 23.4 Å². The van der Waals surface area contributed by atoms with E-state index in [9.17, 15) is 9.59 Å². The van der Waals surface area contributed by atoms with Crippen LogP contribution < -0.4 is 15.1 Å². The fourth-order valence-electron chi connectivity index (χ4n) is 3.44. The van der Waals surface area contributed by atoms with E-state index in [1.165, 1.54) is 11.6 Å². The molecule has 31 heavy (non-hydrogen) atoms. The van der Waals surface area contributed by atoms with Crippen LogP contribution in [0, 0.1) is 6.92 Å². The van der Waals surface area contributed by atoms with Gasteiger partial charge in [-0.05, 0) is 66.8 Å². The fraction of sp³-hybridized carbons (Fsp3) is 0.360. The van der Waals surface area contributed by atoms with E-state index in [4.69, 9.17) is 18.6 Å². The van der Waals surface area contributed by atoms with Crippen LogP contribution in [0.25, 0.3) is 11.0 Å². The highest BCUT2D eigenvalue weighted by Crippen LogP contribution is 2.27. The molecule has 3 rings (SSSR count). The maximum Gasteiger partial charge on any atom is 0.336 e. The number of esters is 1. The summed E-state index contributed by atoms with van der Waals surface area (Å²) in [6, 6.07) is 12.5. The van der Waals surface area contributed by atoms with Crippen molar-refractivity contribution in [2.75, 3.05) is 13.7 Å². The van der Waals surface area contributed by atoms with Gasteiger partial charge in [0.05, 0.1) is 13.7 Å². The summed E-state index contributed by atoms with van der Waals surface area (Å²) < 4.78 is 21.5. The van der Waals surface area contributed by atoms with Crippen molar-refractivity contribution in [2.24, 2.45) is 0 Å². The van der Waals surface area contributed by atoms with Gasteiger partial charge in [-0.15, -0.1) is 0 Å². The molecule has 1 heterocycles. The van der Waals surface area contributed by atoms with E-state index >= 15 is 0 Å². The van der Waals surface area contributed by atoms with Crippen molar-refractivity contribution in [1.82, 2.24) is 0 Å². The minimum atomic E-state index is -0.455. The molecule has 3 aromatic rings. The molecule has 2 aromatic carbocycles. The number of hydrogen-bond acceptors (Lipinski definition) is 6. The first-order valence-electron chi connectivity index (χ1n) is 10.4. The summed E-state index contributed by atoms with van der Waals surface area (Å²) in [4.78, 5) is 24.1. The van der Waals surface area contributed by atoms with Crippen LogP contribution in [0.4, 0.5) is 0 Å². The van der Waals surface area contributed by atoms with E-state index in [2.05, 4.69) is 13.8 Å². The second kappa shape index (κ2) is 10.2. The lowest BCUT2D eigenvalue weighted by atomic mass is 9.95. The first-order valence-corrected chi connectivity index (χ1v) is 10.4. The maximum atomic E-state index is 12.2. The normalized spacial score (nSPS) is 11.0. The summed E-state index contributed by atoms with van der Waals surface area (Å²) in [5, 5.41) is 0.796. The Morgan fingerprint density at radius 1 is 1.06 bits per heavy atom. The van der Waals surface area contributed by atoms with Gasteiger partial charge in [0.2, 0.25) is 0 Å². The van der Waals surface area contributed by atoms with Gasteiger partial charge in [0.25, 0.3) is 0 Å². The Labute approximate surface area is 181 Å². The molecule has 0 unspecified atom stereocenters. The van der Waals surface area contributed by atoms with Crippen molar-refractivity contribution in [1.29, 1.82) is 0 Å². The van der Waals surface area contributed by atoms with Crippen LogP contribution in [0.2, 0.25) is 0 Å². The second-order valence-electron chi connectivity index (χ2n) is 7.74. The zero-order valence-electron chi connectivity index (χ0n) is 18.4. The Morgan fingerprint density at radius 3 is 2.45 bits per heavy atom. The molecular formula is C25H28O6. The van der Waals surface area contributed by atoms with E-state index in [0.717, 1.165) is 16.7 Å². The third-order valence-corrected chi connectivity index (χ3v) is 5.08. The molecule has 0 saturated heterocycles. The quantitative estimate of drug-likeness (QED) is 0.269. The number of hydrogen-bond donors (Lipinski definition) is 0. The summed E-state index contributed by atoms with van der Waals surface area (Å²) in [6.45, 7) is 6.65. The molecule has 0 N–H and O–H groups in total. The van der Waals surface area contributed by atoms with Crippen molar-refractivity contribution in [3.63, 3.8) is 0 Å². The number of methoxy groups -OCH3 is 1. The molecule has 0 aliphatic carbocycles. The van der Waals surface area contributed by atoms with Gasteiger partial charge in [-0.3, -0.25) is 4.79 Å². The minimum absolute atomic E-state index is 0.0286. The highest BCUT2D eigenvalue weighted by Gasteiger charge is 2.13. The third kappa shape index (κ3) is 5.87. The predicted octanol–water partition coefficient (Wildman–Crippen LogP) is 5.14. The first kappa shape index (κ1) is 22.4. The van der Waals surface area contributed by atoms with Gasteiger partial charge in [-0.2, -0.15) is 0 Å². The number of ether oxygens (including phenoxy) is 3. The molecule has 0 radical (unpaired) electrons. The molecule has 164 valence electrons. The number of benzene rings is 2. The van der Waals surface area contributed by atoms with Crippen LogP contribution in [-0.4, -0.2) is 19.7 Å². The van der Waals surface area contributed by atoms with Crippen LogP contribution in [0.3, 0.4) is 0 Å². The van der Waals surface area contributed by atoms with Crippen molar-refractivity contribution in [2.45, 2.75) is 46.1 Å². The molecule has 0 bridgehead atoms. The largest absolute Gasteiger partial charge is 0.497 e. The number of aryl methyl sites for hydroxylation is 1. The van der Waals surface area contributed by atoms with E-state index in [-0.39, 0.29) is 19.0 Å². The zero-order chi connectivity index (χ0) is 22.4. The van der Waals surface area contributed by atoms with Gasteiger partial charge in [0, 0.05) is 23.4 Å². The smallest absolute Gasteiger partial charge is 0.336 e. The van der Waals surface area contributed by atoms with Crippen molar-refractivity contribution >= 4 is 16.9 Å². The van der Waals surface area contributed by atoms with Crippen molar-refractivity contribution in [3.05, 3.63) is 69.6 Å². The Morgan fingerprint density at radius 2 is 1.77 bits per heavy atom. The molecule has 0 saturated carbocycles. The average molecular weight is 424 g/mol. The molecule has 1 aromatic heterocycles. The van der Waals surface area contributed by atoms with Crippen LogP contribution in [0.5, 0.6) is 11.5 Å². The second-order valence-corrected chi connectivity index (χ2v) is 7.74. The lowest BCUT2D eigenvalue weighted by molar-refractivity contribution is -0.145. The van der Waals surface area contributed by atoms with Gasteiger partial charge in [0.1, 0.15) is 23.7 Å². The number of carbonyl (C=O) groups excluding carboxylic acids is 1. The van der Waals surface area contributed by atoms with E-state index in [1.807, 2.05) is 43.3 Å². The van der Waals surface area contributed by atoms with Crippen molar-refractivity contribution in [3.8, 4) is 11.5 Å². The maximum absolute atomic E-state index is 12.2. The summed E-state index contributed by atoms with van der Waals surface area (Å²) in [5.74, 6) is 1.47. The minimum Gasteiger partial charge on any atom is -0.497 e. The molecule has 0 aliphatic rings. The molecule has 0 amide bonds. The van der Waals surface area contributed by atoms with Gasteiger partial charge in [0.15, 0.2) is 0 Å². The Kier molecular flexibility index (Phi) is 7.34. The standard InChI is InChI=1S/C25H28O6/c1-16(2)21-14-22-18(13-25(27)31-23(22)12-17(21)3)15-30-24(26)6-5-11-29-20-9-7-19(28-4)8-10-20/h7-10,12-14,16H,5-6,11,15H2,1-4H3. The highest BCUT2D eigenvalue weighted by atomic mass is 16.5. The molecule has 0 fully saturated rings. The third-order valence-electron chi connectivity index (χ3n) is 5.08. The van der Waals surface area contributed by atoms with Crippen LogP contribution in [-0.2, 0) is 16.1 Å². The average Bonchev–Trinajstić information content (AvgIpc) is 2.74. The number of rotatable bonds is 9. The summed E-state index contributed by atoms with van der Waals surface area (Å²) in [5.41, 5.74) is 2.94. The SMILES string of the molecule is COc1ccc(OCCCC(=O)OCc2cc(=O)oc3cc(C)c(C(C)C)cc23)cc1. The molecular weight excluding hydrogens is 396 g/mol. The van der Waals surface area contributed by atoms with E-state index in [1.54, 1.807) is 7.11 Å². The first-order chi connectivity index (χ1) is 14.9. The predicted molar refractivity (Wildman–Crippen MR) is 119 cm³/mol. The topological polar surface area (TPSA) is 75.0 Å². The monoisotopic (exact) mass is 424 g/mol. The molecule has 0 aliphatic heterocycles. The lowest BCUT2D eigenvalue weighted by Crippen LogP contribution is -2.09. The highest BCUT2D eigenvalue weighted by molar-refractivity contribution is 5.82. The van der Waals surface area contributed by atoms with Crippen LogP contribution >= 0.6 is 0 Å². The van der Waals surface area contributed by atoms with Gasteiger partial charge in [-0.25, -0.2) is 4.79 Å². The summed E-state index contributed by atoms with van der Waals surface area (Å²) >= 11 is 0. The molecule has 6 heteroatoms. The van der Waals surface area contributed by atoms with Gasteiger partial charge >= 0.3 is 11.6 Å². The van der Waals surface area contributed by atoms with Crippen LogP contribution in [0.1, 0.15) is 49.3 Å². The molecule has 0 spiro atoms. The molecule has 0 atom stereocenters. The van der Waals surface area contributed by atoms with Gasteiger partial charge in [-0.1, -0.05) is 13.8 Å². The zero-order valence-corrected chi connectivity index (χ0v) is 18.4. The van der Waals surface area contributed by atoms with Crippen LogP contribution in [0.15, 0.2) is 51.7 Å².